The van der Waals surface area contributed by atoms with Crippen molar-refractivity contribution in [1.29, 1.82) is 0 Å². The first kappa shape index (κ1) is 24.9. The van der Waals surface area contributed by atoms with Crippen molar-refractivity contribution in [3.8, 4) is 23.3 Å². The number of likely N-dealkylation sites (tertiary alicyclic amines) is 2. The number of ether oxygens (including phenoxy) is 2. The molecule has 1 N–H and O–H groups in total. The van der Waals surface area contributed by atoms with Gasteiger partial charge in [0.25, 0.3) is 5.91 Å². The molecule has 2 aromatic carbocycles. The number of methoxy groups -OCH3 is 2. The van der Waals surface area contributed by atoms with Crippen LogP contribution in [0.3, 0.4) is 0 Å². The first-order chi connectivity index (χ1) is 17.0. The highest BCUT2D eigenvalue weighted by atomic mass is 32.1. The average molecular weight is 492 g/mol. The van der Waals surface area contributed by atoms with Crippen LogP contribution < -0.4 is 14.8 Å². The van der Waals surface area contributed by atoms with Crippen molar-refractivity contribution < 1.29 is 14.3 Å². The summed E-state index contributed by atoms with van der Waals surface area (Å²) in [6.07, 6.45) is 3.95. The van der Waals surface area contributed by atoms with E-state index in [-0.39, 0.29) is 11.3 Å². The number of piperidine rings is 1. The molecule has 6 nitrogen and oxygen atoms in total. The molecule has 2 saturated heterocycles. The predicted molar refractivity (Wildman–Crippen MR) is 142 cm³/mol. The van der Waals surface area contributed by atoms with Gasteiger partial charge in [0.15, 0.2) is 16.6 Å². The molecule has 0 aromatic heterocycles. The summed E-state index contributed by atoms with van der Waals surface area (Å²) in [5.41, 5.74) is 2.27. The number of benzene rings is 2. The van der Waals surface area contributed by atoms with Crippen molar-refractivity contribution >= 4 is 23.2 Å². The first-order valence-corrected chi connectivity index (χ1v) is 12.5. The number of nitrogens with zero attached hydrogens (tertiary/aromatic N) is 2. The van der Waals surface area contributed by atoms with Gasteiger partial charge in [0.05, 0.1) is 14.2 Å². The smallest absolute Gasteiger partial charge is 0.298 e. The van der Waals surface area contributed by atoms with Crippen LogP contribution in [0.1, 0.15) is 30.4 Å². The highest BCUT2D eigenvalue weighted by Crippen LogP contribution is 2.40. The summed E-state index contributed by atoms with van der Waals surface area (Å²) in [7, 11) is 3.29. The minimum atomic E-state index is -0.0779. The second-order valence-corrected chi connectivity index (χ2v) is 9.64. The second kappa shape index (κ2) is 11.5. The Hall–Kier alpha value is -3.24. The van der Waals surface area contributed by atoms with Crippen molar-refractivity contribution in [1.82, 2.24) is 15.1 Å². The number of hydrogen-bond donors (Lipinski definition) is 1. The molecule has 184 valence electrons. The lowest BCUT2D eigenvalue weighted by Gasteiger charge is -2.38. The van der Waals surface area contributed by atoms with Gasteiger partial charge in [-0.1, -0.05) is 30.2 Å². The SMILES string of the molecule is COc1ccc(CCNC(=S)N2CCC3(CCN(C(=O)C#Cc4ccccc4)CC3)C2)cc1OC. The quantitative estimate of drug-likeness (QED) is 0.511. The van der Waals surface area contributed by atoms with E-state index in [9.17, 15) is 4.79 Å². The normalized spacial score (nSPS) is 16.4. The Morgan fingerprint density at radius 3 is 2.37 bits per heavy atom. The number of rotatable bonds is 5. The molecule has 0 saturated carbocycles. The molecule has 1 amide bonds. The van der Waals surface area contributed by atoms with Gasteiger partial charge in [-0.2, -0.15) is 0 Å². The van der Waals surface area contributed by atoms with Crippen molar-refractivity contribution in [2.75, 3.05) is 46.9 Å². The molecule has 35 heavy (non-hydrogen) atoms. The van der Waals surface area contributed by atoms with Crippen molar-refractivity contribution in [3.63, 3.8) is 0 Å². The van der Waals surface area contributed by atoms with Gasteiger partial charge in [0, 0.05) is 44.2 Å². The molecule has 2 heterocycles. The monoisotopic (exact) mass is 491 g/mol. The molecule has 7 heteroatoms. The van der Waals surface area contributed by atoms with E-state index in [4.69, 9.17) is 21.7 Å². The number of carbonyl (C=O) groups is 1. The zero-order chi connectivity index (χ0) is 24.7. The van der Waals surface area contributed by atoms with Gasteiger partial charge in [0.1, 0.15) is 0 Å². The van der Waals surface area contributed by atoms with Gasteiger partial charge in [-0.25, -0.2) is 0 Å². The third kappa shape index (κ3) is 6.26. The number of thiocarbonyl (C=S) groups is 1. The number of hydrogen-bond acceptors (Lipinski definition) is 4. The molecule has 2 aliphatic rings. The zero-order valence-corrected chi connectivity index (χ0v) is 21.3. The van der Waals surface area contributed by atoms with E-state index < -0.39 is 0 Å². The van der Waals surface area contributed by atoms with E-state index in [0.717, 1.165) is 80.6 Å². The Morgan fingerprint density at radius 2 is 1.69 bits per heavy atom. The molecule has 0 bridgehead atoms. The van der Waals surface area contributed by atoms with Crippen LogP contribution in [0.4, 0.5) is 0 Å². The largest absolute Gasteiger partial charge is 0.493 e. The summed E-state index contributed by atoms with van der Waals surface area (Å²) in [5, 5.41) is 4.24. The second-order valence-electron chi connectivity index (χ2n) is 9.25. The molecule has 2 aliphatic heterocycles. The fourth-order valence-electron chi connectivity index (χ4n) is 4.89. The Bertz CT molecular complexity index is 1100. The maximum absolute atomic E-state index is 12.6. The fourth-order valence-corrected chi connectivity index (χ4v) is 5.15. The summed E-state index contributed by atoms with van der Waals surface area (Å²) in [4.78, 5) is 16.7. The Balaban J connectivity index is 1.22. The van der Waals surface area contributed by atoms with E-state index in [0.29, 0.717) is 0 Å². The third-order valence-electron chi connectivity index (χ3n) is 7.06. The maximum Gasteiger partial charge on any atom is 0.298 e. The van der Waals surface area contributed by atoms with Gasteiger partial charge in [-0.3, -0.25) is 4.79 Å². The van der Waals surface area contributed by atoms with E-state index in [1.165, 1.54) is 5.56 Å². The Morgan fingerprint density at radius 1 is 1.00 bits per heavy atom. The fraction of sp³-hybridized carbons (Fsp3) is 0.429. The lowest BCUT2D eigenvalue weighted by molar-refractivity contribution is -0.127. The topological polar surface area (TPSA) is 54.0 Å². The van der Waals surface area contributed by atoms with Crippen LogP contribution in [0.5, 0.6) is 11.5 Å². The van der Waals surface area contributed by atoms with Gasteiger partial charge in [-0.15, -0.1) is 0 Å². The number of amides is 1. The van der Waals surface area contributed by atoms with Crippen molar-refractivity contribution in [2.24, 2.45) is 5.41 Å². The summed E-state index contributed by atoms with van der Waals surface area (Å²) in [5.74, 6) is 7.18. The van der Waals surface area contributed by atoms with E-state index >= 15 is 0 Å². The maximum atomic E-state index is 12.6. The minimum absolute atomic E-state index is 0.0779. The highest BCUT2D eigenvalue weighted by Gasteiger charge is 2.41. The predicted octanol–water partition coefficient (Wildman–Crippen LogP) is 3.49. The van der Waals surface area contributed by atoms with Gasteiger partial charge in [0.2, 0.25) is 0 Å². The van der Waals surface area contributed by atoms with Crippen LogP contribution in [-0.4, -0.2) is 67.8 Å². The minimum Gasteiger partial charge on any atom is -0.493 e. The van der Waals surface area contributed by atoms with Crippen LogP contribution >= 0.6 is 12.2 Å². The molecule has 0 atom stereocenters. The summed E-state index contributed by atoms with van der Waals surface area (Å²) in [6, 6.07) is 15.6. The van der Waals surface area contributed by atoms with Gasteiger partial charge < -0.3 is 24.6 Å². The molecule has 1 spiro atoms. The zero-order valence-electron chi connectivity index (χ0n) is 20.5. The van der Waals surface area contributed by atoms with Gasteiger partial charge in [-0.05, 0) is 73.1 Å². The van der Waals surface area contributed by atoms with Crippen molar-refractivity contribution in [3.05, 3.63) is 59.7 Å². The molecule has 2 fully saturated rings. The highest BCUT2D eigenvalue weighted by molar-refractivity contribution is 7.80. The van der Waals surface area contributed by atoms with E-state index in [1.54, 1.807) is 14.2 Å². The summed E-state index contributed by atoms with van der Waals surface area (Å²) >= 11 is 5.70. The van der Waals surface area contributed by atoms with Gasteiger partial charge >= 0.3 is 0 Å². The van der Waals surface area contributed by atoms with Crippen LogP contribution in [0.2, 0.25) is 0 Å². The van der Waals surface area contributed by atoms with Crippen LogP contribution in [0, 0.1) is 17.3 Å². The lowest BCUT2D eigenvalue weighted by atomic mass is 9.78. The Labute approximate surface area is 213 Å². The van der Waals surface area contributed by atoms with E-state index in [2.05, 4.69) is 28.1 Å². The Kier molecular flexibility index (Phi) is 8.14. The average Bonchev–Trinajstić information content (AvgIpc) is 3.31. The molecular formula is C28H33N3O3S. The molecular weight excluding hydrogens is 458 g/mol. The molecule has 4 rings (SSSR count). The number of nitrogens with one attached hydrogen (secondary N) is 1. The number of carbonyl (C=O) groups excluding carboxylic acids is 1. The molecule has 2 aromatic rings. The summed E-state index contributed by atoms with van der Waals surface area (Å²) < 4.78 is 10.7. The molecule has 0 radical (unpaired) electrons. The van der Waals surface area contributed by atoms with Crippen LogP contribution in [-0.2, 0) is 11.2 Å². The van der Waals surface area contributed by atoms with Crippen LogP contribution in [0.25, 0.3) is 0 Å². The third-order valence-corrected chi connectivity index (χ3v) is 7.46. The first-order valence-electron chi connectivity index (χ1n) is 12.1. The lowest BCUT2D eigenvalue weighted by Crippen LogP contribution is -2.45. The van der Waals surface area contributed by atoms with E-state index in [1.807, 2.05) is 47.4 Å². The summed E-state index contributed by atoms with van der Waals surface area (Å²) in [6.45, 7) is 4.20. The molecule has 0 aliphatic carbocycles. The molecule has 0 unspecified atom stereocenters. The van der Waals surface area contributed by atoms with Crippen molar-refractivity contribution in [2.45, 2.75) is 25.7 Å². The standard InChI is InChI=1S/C28H33N3O3S/c1-33-24-10-8-23(20-25(24)34-2)12-16-29-27(35)31-19-15-28(21-31)13-17-30(18-14-28)26(32)11-9-22-6-4-3-5-7-22/h3-8,10,20H,12-19,21H2,1-2H3,(H,29,35). The van der Waals surface area contributed by atoms with Crippen LogP contribution in [0.15, 0.2) is 48.5 Å².